The van der Waals surface area contributed by atoms with E-state index in [4.69, 9.17) is 9.47 Å². The van der Waals surface area contributed by atoms with Gasteiger partial charge in [0.05, 0.1) is 32.8 Å². The first kappa shape index (κ1) is 18.9. The first-order valence-electron chi connectivity index (χ1n) is 9.11. The van der Waals surface area contributed by atoms with Gasteiger partial charge in [-0.25, -0.2) is 0 Å². The van der Waals surface area contributed by atoms with Crippen LogP contribution in [0, 0.1) is 0 Å². The second kappa shape index (κ2) is 8.24. The molecule has 0 radical (unpaired) electrons. The molecule has 2 saturated heterocycles. The van der Waals surface area contributed by atoms with E-state index in [-0.39, 0.29) is 18.4 Å². The van der Waals surface area contributed by atoms with Crippen LogP contribution < -0.4 is 9.47 Å². The summed E-state index contributed by atoms with van der Waals surface area (Å²) in [6.07, 6.45) is -0.253. The lowest BCUT2D eigenvalue weighted by Crippen LogP contribution is -2.52. The van der Waals surface area contributed by atoms with Crippen LogP contribution in [-0.4, -0.2) is 98.4 Å². The van der Waals surface area contributed by atoms with E-state index < -0.39 is 6.10 Å². The van der Waals surface area contributed by atoms with Gasteiger partial charge >= 0.3 is 0 Å². The van der Waals surface area contributed by atoms with Gasteiger partial charge in [0.15, 0.2) is 0 Å². The van der Waals surface area contributed by atoms with Crippen molar-refractivity contribution in [1.29, 1.82) is 0 Å². The number of amides is 1. The van der Waals surface area contributed by atoms with Crippen LogP contribution in [0.4, 0.5) is 0 Å². The minimum Gasteiger partial charge on any atom is -0.497 e. The highest BCUT2D eigenvalue weighted by Crippen LogP contribution is 2.26. The summed E-state index contributed by atoms with van der Waals surface area (Å²) in [6, 6.07) is 5.49. The van der Waals surface area contributed by atoms with E-state index in [1.807, 2.05) is 18.2 Å². The van der Waals surface area contributed by atoms with E-state index in [1.165, 1.54) is 0 Å². The fraction of sp³-hybridized carbons (Fsp3) is 0.632. The number of aliphatic hydroxyl groups is 1. The van der Waals surface area contributed by atoms with Crippen LogP contribution in [0.25, 0.3) is 0 Å². The lowest BCUT2D eigenvalue weighted by Gasteiger charge is -2.37. The number of carbonyl (C=O) groups is 1. The molecule has 7 heteroatoms. The monoisotopic (exact) mass is 363 g/mol. The summed E-state index contributed by atoms with van der Waals surface area (Å²) in [7, 11) is 5.31. The first-order chi connectivity index (χ1) is 12.5. The molecule has 144 valence electrons. The highest BCUT2D eigenvalue weighted by molar-refractivity contribution is 5.80. The Hall–Kier alpha value is -1.83. The first-order valence-corrected chi connectivity index (χ1v) is 9.11. The number of hydrogen-bond donors (Lipinski definition) is 1. The Morgan fingerprint density at radius 3 is 2.54 bits per heavy atom. The van der Waals surface area contributed by atoms with Gasteiger partial charge in [0.2, 0.25) is 5.91 Å². The fourth-order valence-electron chi connectivity index (χ4n) is 3.78. The molecule has 26 heavy (non-hydrogen) atoms. The van der Waals surface area contributed by atoms with Crippen LogP contribution in [0.1, 0.15) is 5.56 Å². The third kappa shape index (κ3) is 4.11. The highest BCUT2D eigenvalue weighted by atomic mass is 16.5. The lowest BCUT2D eigenvalue weighted by atomic mass is 10.1. The van der Waals surface area contributed by atoms with Crippen molar-refractivity contribution >= 4 is 5.91 Å². The maximum Gasteiger partial charge on any atom is 0.227 e. The van der Waals surface area contributed by atoms with Crippen molar-refractivity contribution in [2.24, 2.45) is 0 Å². The Bertz CT molecular complexity index is 631. The molecule has 0 saturated carbocycles. The van der Waals surface area contributed by atoms with Gasteiger partial charge < -0.3 is 24.4 Å². The minimum atomic E-state index is -0.491. The van der Waals surface area contributed by atoms with E-state index >= 15 is 0 Å². The maximum absolute atomic E-state index is 12.8. The number of benzene rings is 1. The molecule has 2 aliphatic rings. The number of piperazine rings is 1. The average Bonchev–Trinajstić information content (AvgIpc) is 3.04. The third-order valence-electron chi connectivity index (χ3n) is 5.45. The average molecular weight is 363 g/mol. The molecule has 0 unspecified atom stereocenters. The second-order valence-corrected chi connectivity index (χ2v) is 7.13. The Balaban J connectivity index is 1.64. The van der Waals surface area contributed by atoms with Crippen molar-refractivity contribution in [1.82, 2.24) is 14.7 Å². The molecule has 7 nitrogen and oxygen atoms in total. The Labute approximate surface area is 155 Å². The molecular weight excluding hydrogens is 334 g/mol. The summed E-state index contributed by atoms with van der Waals surface area (Å²) < 4.78 is 10.6. The third-order valence-corrected chi connectivity index (χ3v) is 5.45. The lowest BCUT2D eigenvalue weighted by molar-refractivity contribution is -0.129. The fourth-order valence-corrected chi connectivity index (χ4v) is 3.78. The molecule has 2 heterocycles. The van der Waals surface area contributed by atoms with Gasteiger partial charge in [-0.2, -0.15) is 0 Å². The summed E-state index contributed by atoms with van der Waals surface area (Å²) in [5.41, 5.74) is 0.800. The molecule has 3 rings (SSSR count). The van der Waals surface area contributed by atoms with Crippen molar-refractivity contribution in [3.8, 4) is 11.5 Å². The number of carbonyl (C=O) groups excluding carboxylic acids is 1. The van der Waals surface area contributed by atoms with E-state index in [9.17, 15) is 9.90 Å². The highest BCUT2D eigenvalue weighted by Gasteiger charge is 2.38. The summed E-state index contributed by atoms with van der Waals surface area (Å²) >= 11 is 0. The van der Waals surface area contributed by atoms with Crippen LogP contribution in [-0.2, 0) is 11.2 Å². The van der Waals surface area contributed by atoms with Crippen LogP contribution in [0.15, 0.2) is 18.2 Å². The van der Waals surface area contributed by atoms with Crippen molar-refractivity contribution in [3.63, 3.8) is 0 Å². The molecule has 1 aromatic rings. The van der Waals surface area contributed by atoms with Crippen molar-refractivity contribution < 1.29 is 19.4 Å². The summed E-state index contributed by atoms with van der Waals surface area (Å²) in [6.45, 7) is 4.84. The standard InChI is InChI=1S/C19H29N3O4/c1-20-6-8-21(9-7-20)16-12-22(13-17(16)23)19(24)11-14-10-15(25-2)4-5-18(14)26-3/h4-5,10,16-17,23H,6-9,11-13H2,1-3H3/t16-,17-/m1/s1. The Morgan fingerprint density at radius 1 is 1.15 bits per heavy atom. The largest absolute Gasteiger partial charge is 0.497 e. The van der Waals surface area contributed by atoms with Crippen LogP contribution >= 0.6 is 0 Å². The number of methoxy groups -OCH3 is 2. The Morgan fingerprint density at radius 2 is 1.88 bits per heavy atom. The molecule has 2 fully saturated rings. The van der Waals surface area contributed by atoms with Gasteiger partial charge in [-0.1, -0.05) is 0 Å². The summed E-state index contributed by atoms with van der Waals surface area (Å²) in [5.74, 6) is 1.38. The molecule has 0 bridgehead atoms. The van der Waals surface area contributed by atoms with Gasteiger partial charge in [0, 0.05) is 44.8 Å². The number of likely N-dealkylation sites (tertiary alicyclic amines) is 1. The second-order valence-electron chi connectivity index (χ2n) is 7.13. The van der Waals surface area contributed by atoms with Crippen LogP contribution in [0.5, 0.6) is 11.5 Å². The van der Waals surface area contributed by atoms with Gasteiger partial charge in [-0.3, -0.25) is 9.69 Å². The SMILES string of the molecule is COc1ccc(OC)c(CC(=O)N2C[C@@H](O)[C@H](N3CCN(C)CC3)C2)c1. The van der Waals surface area contributed by atoms with E-state index in [1.54, 1.807) is 19.1 Å². The van der Waals surface area contributed by atoms with Gasteiger partial charge in [0.25, 0.3) is 0 Å². The molecule has 0 aromatic heterocycles. The normalized spacial score (nSPS) is 24.7. The van der Waals surface area contributed by atoms with E-state index in [0.29, 0.717) is 24.6 Å². The van der Waals surface area contributed by atoms with Gasteiger partial charge in [0.1, 0.15) is 11.5 Å². The van der Waals surface area contributed by atoms with Crippen LogP contribution in [0.3, 0.4) is 0 Å². The number of hydrogen-bond acceptors (Lipinski definition) is 6. The number of likely N-dealkylation sites (N-methyl/N-ethyl adjacent to an activating group) is 1. The number of aliphatic hydroxyl groups excluding tert-OH is 1. The Kier molecular flexibility index (Phi) is 6.01. The smallest absolute Gasteiger partial charge is 0.227 e. The molecule has 1 aromatic carbocycles. The maximum atomic E-state index is 12.8. The molecule has 0 spiro atoms. The van der Waals surface area contributed by atoms with E-state index in [2.05, 4.69) is 16.8 Å². The molecule has 1 amide bonds. The summed E-state index contributed by atoms with van der Waals surface area (Å²) in [4.78, 5) is 19.2. The zero-order valence-electron chi connectivity index (χ0n) is 15.9. The topological polar surface area (TPSA) is 65.5 Å². The zero-order valence-corrected chi connectivity index (χ0v) is 15.9. The molecule has 2 atom stereocenters. The minimum absolute atomic E-state index is 0.00669. The van der Waals surface area contributed by atoms with Gasteiger partial charge in [-0.05, 0) is 25.2 Å². The van der Waals surface area contributed by atoms with E-state index in [0.717, 1.165) is 31.7 Å². The van der Waals surface area contributed by atoms with Crippen molar-refractivity contribution in [2.45, 2.75) is 18.6 Å². The number of ether oxygens (including phenoxy) is 2. The molecular formula is C19H29N3O4. The van der Waals surface area contributed by atoms with Crippen molar-refractivity contribution in [3.05, 3.63) is 23.8 Å². The molecule has 0 aliphatic carbocycles. The number of rotatable bonds is 5. The summed E-state index contributed by atoms with van der Waals surface area (Å²) in [5, 5.41) is 10.5. The predicted molar refractivity (Wildman–Crippen MR) is 98.7 cm³/mol. The predicted octanol–water partition coefficient (Wildman–Crippen LogP) is 0.0654. The zero-order chi connectivity index (χ0) is 18.7. The van der Waals surface area contributed by atoms with Crippen LogP contribution in [0.2, 0.25) is 0 Å². The number of β-amino-alcohol motifs (C(OH)–C–C–N with tert-alkyl or cyclic N) is 1. The molecule has 2 aliphatic heterocycles. The van der Waals surface area contributed by atoms with Gasteiger partial charge in [-0.15, -0.1) is 0 Å². The number of nitrogens with zero attached hydrogens (tertiary/aromatic N) is 3. The molecule has 1 N–H and O–H groups in total. The quantitative estimate of drug-likeness (QED) is 0.799. The van der Waals surface area contributed by atoms with Crippen molar-refractivity contribution in [2.75, 3.05) is 60.5 Å².